The van der Waals surface area contributed by atoms with Gasteiger partial charge in [-0.2, -0.15) is 0 Å². The van der Waals surface area contributed by atoms with E-state index in [4.69, 9.17) is 9.47 Å². The summed E-state index contributed by atoms with van der Waals surface area (Å²) in [6, 6.07) is 5.68. The van der Waals surface area contributed by atoms with E-state index in [1.807, 2.05) is 11.0 Å². The molecule has 4 nitrogen and oxygen atoms in total. The predicted octanol–water partition coefficient (Wildman–Crippen LogP) is 2.33. The van der Waals surface area contributed by atoms with E-state index in [9.17, 15) is 4.79 Å². The Morgan fingerprint density at radius 2 is 1.89 bits per heavy atom. The summed E-state index contributed by atoms with van der Waals surface area (Å²) in [6.45, 7) is 2.88. The molecule has 1 atom stereocenters. The number of carbonyl (C=O) groups excluding carboxylic acids is 1. The number of methoxy groups -OCH3 is 2. The number of likely N-dealkylation sites (tertiary alicyclic amines) is 1. The Bertz CT molecular complexity index is 422. The standard InChI is InChI=1S/C14H19NO3/c1-10-6-5-9-15(10)14(16)13-11(17-2)7-4-8-12(13)18-3/h4,7-8,10H,5-6,9H2,1-3H3. The molecule has 0 radical (unpaired) electrons. The lowest BCUT2D eigenvalue weighted by Crippen LogP contribution is -2.34. The van der Waals surface area contributed by atoms with Crippen molar-refractivity contribution >= 4 is 5.91 Å². The third-order valence-electron chi connectivity index (χ3n) is 3.46. The fourth-order valence-electron chi connectivity index (χ4n) is 2.44. The topological polar surface area (TPSA) is 38.8 Å². The van der Waals surface area contributed by atoms with Crippen molar-refractivity contribution in [3.8, 4) is 11.5 Å². The van der Waals surface area contributed by atoms with E-state index in [2.05, 4.69) is 6.92 Å². The molecule has 2 rings (SSSR count). The number of rotatable bonds is 3. The van der Waals surface area contributed by atoms with Crippen molar-refractivity contribution in [2.24, 2.45) is 0 Å². The van der Waals surface area contributed by atoms with Crippen molar-refractivity contribution in [1.82, 2.24) is 4.90 Å². The molecule has 1 heterocycles. The second kappa shape index (κ2) is 5.29. The first-order valence-electron chi connectivity index (χ1n) is 6.21. The van der Waals surface area contributed by atoms with Gasteiger partial charge in [-0.15, -0.1) is 0 Å². The first-order valence-corrected chi connectivity index (χ1v) is 6.21. The van der Waals surface area contributed by atoms with Crippen LogP contribution in [-0.4, -0.2) is 37.6 Å². The molecule has 0 saturated carbocycles. The van der Waals surface area contributed by atoms with E-state index in [-0.39, 0.29) is 11.9 Å². The van der Waals surface area contributed by atoms with Gasteiger partial charge < -0.3 is 14.4 Å². The highest BCUT2D eigenvalue weighted by atomic mass is 16.5. The quantitative estimate of drug-likeness (QED) is 0.825. The Hall–Kier alpha value is -1.71. The minimum absolute atomic E-state index is 0.00528. The average molecular weight is 249 g/mol. The summed E-state index contributed by atoms with van der Waals surface area (Å²) in [5.74, 6) is 1.13. The van der Waals surface area contributed by atoms with Crippen molar-refractivity contribution in [2.45, 2.75) is 25.8 Å². The molecule has 1 aliphatic rings. The number of hydrogen-bond acceptors (Lipinski definition) is 3. The molecule has 0 spiro atoms. The lowest BCUT2D eigenvalue weighted by molar-refractivity contribution is 0.0740. The van der Waals surface area contributed by atoms with Crippen LogP contribution < -0.4 is 9.47 Å². The Kier molecular flexibility index (Phi) is 3.75. The van der Waals surface area contributed by atoms with Crippen molar-refractivity contribution in [1.29, 1.82) is 0 Å². The molecule has 1 aromatic rings. The zero-order valence-electron chi connectivity index (χ0n) is 11.1. The lowest BCUT2D eigenvalue weighted by Gasteiger charge is -2.23. The van der Waals surface area contributed by atoms with Gasteiger partial charge in [-0.05, 0) is 31.9 Å². The number of hydrogen-bond donors (Lipinski definition) is 0. The lowest BCUT2D eigenvalue weighted by atomic mass is 10.1. The zero-order chi connectivity index (χ0) is 13.1. The van der Waals surface area contributed by atoms with Gasteiger partial charge in [0.15, 0.2) is 0 Å². The smallest absolute Gasteiger partial charge is 0.261 e. The highest BCUT2D eigenvalue weighted by Gasteiger charge is 2.29. The molecule has 1 amide bonds. The van der Waals surface area contributed by atoms with Gasteiger partial charge in [-0.25, -0.2) is 0 Å². The van der Waals surface area contributed by atoms with Crippen LogP contribution >= 0.6 is 0 Å². The van der Waals surface area contributed by atoms with Crippen LogP contribution in [0.3, 0.4) is 0 Å². The fourth-order valence-corrected chi connectivity index (χ4v) is 2.44. The van der Waals surface area contributed by atoms with Gasteiger partial charge in [0.1, 0.15) is 17.1 Å². The van der Waals surface area contributed by atoms with E-state index >= 15 is 0 Å². The van der Waals surface area contributed by atoms with Crippen LogP contribution in [-0.2, 0) is 0 Å². The second-order valence-electron chi connectivity index (χ2n) is 4.53. The average Bonchev–Trinajstić information content (AvgIpc) is 2.83. The fraction of sp³-hybridized carbons (Fsp3) is 0.500. The van der Waals surface area contributed by atoms with Crippen LogP contribution in [0, 0.1) is 0 Å². The van der Waals surface area contributed by atoms with E-state index in [1.54, 1.807) is 26.4 Å². The van der Waals surface area contributed by atoms with Gasteiger partial charge in [0.05, 0.1) is 14.2 Å². The molecule has 1 unspecified atom stereocenters. The molecule has 18 heavy (non-hydrogen) atoms. The molecule has 98 valence electrons. The largest absolute Gasteiger partial charge is 0.496 e. The summed E-state index contributed by atoms with van der Waals surface area (Å²) in [5.41, 5.74) is 0.524. The van der Waals surface area contributed by atoms with E-state index in [0.29, 0.717) is 17.1 Å². The van der Waals surface area contributed by atoms with Gasteiger partial charge in [-0.1, -0.05) is 6.07 Å². The van der Waals surface area contributed by atoms with Gasteiger partial charge in [0, 0.05) is 12.6 Å². The Balaban J connectivity index is 2.39. The Morgan fingerprint density at radius 3 is 2.33 bits per heavy atom. The number of carbonyl (C=O) groups is 1. The second-order valence-corrected chi connectivity index (χ2v) is 4.53. The molecular formula is C14H19NO3. The van der Waals surface area contributed by atoms with Crippen molar-refractivity contribution in [2.75, 3.05) is 20.8 Å². The highest BCUT2D eigenvalue weighted by Crippen LogP contribution is 2.31. The van der Waals surface area contributed by atoms with Gasteiger partial charge in [-0.3, -0.25) is 4.79 Å². The number of ether oxygens (including phenoxy) is 2. The normalized spacial score (nSPS) is 18.8. The van der Waals surface area contributed by atoms with Crippen LogP contribution in [0.15, 0.2) is 18.2 Å². The maximum absolute atomic E-state index is 12.6. The van der Waals surface area contributed by atoms with Crippen LogP contribution in [0.5, 0.6) is 11.5 Å². The zero-order valence-corrected chi connectivity index (χ0v) is 11.1. The summed E-state index contributed by atoms with van der Waals surface area (Å²) >= 11 is 0. The number of amides is 1. The molecule has 1 fully saturated rings. The molecule has 1 aromatic carbocycles. The van der Waals surface area contributed by atoms with Gasteiger partial charge in [0.25, 0.3) is 5.91 Å². The van der Waals surface area contributed by atoms with Crippen LogP contribution in [0.1, 0.15) is 30.1 Å². The minimum atomic E-state index is -0.00528. The van der Waals surface area contributed by atoms with Crippen LogP contribution in [0.4, 0.5) is 0 Å². The maximum atomic E-state index is 12.6. The molecule has 4 heteroatoms. The first kappa shape index (κ1) is 12.7. The number of benzene rings is 1. The van der Waals surface area contributed by atoms with Crippen molar-refractivity contribution in [3.63, 3.8) is 0 Å². The molecular weight excluding hydrogens is 230 g/mol. The van der Waals surface area contributed by atoms with Crippen molar-refractivity contribution < 1.29 is 14.3 Å². The van der Waals surface area contributed by atoms with E-state index < -0.39 is 0 Å². The third-order valence-corrected chi connectivity index (χ3v) is 3.46. The monoisotopic (exact) mass is 249 g/mol. The van der Waals surface area contributed by atoms with Crippen molar-refractivity contribution in [3.05, 3.63) is 23.8 Å². The van der Waals surface area contributed by atoms with Gasteiger partial charge in [0.2, 0.25) is 0 Å². The van der Waals surface area contributed by atoms with E-state index in [0.717, 1.165) is 19.4 Å². The van der Waals surface area contributed by atoms with E-state index in [1.165, 1.54) is 0 Å². The molecule has 0 aliphatic carbocycles. The predicted molar refractivity (Wildman–Crippen MR) is 69.3 cm³/mol. The molecule has 0 bridgehead atoms. The summed E-state index contributed by atoms with van der Waals surface area (Å²) in [4.78, 5) is 14.5. The summed E-state index contributed by atoms with van der Waals surface area (Å²) < 4.78 is 10.6. The SMILES string of the molecule is COc1cccc(OC)c1C(=O)N1CCCC1C. The van der Waals surface area contributed by atoms with Crippen LogP contribution in [0.2, 0.25) is 0 Å². The highest BCUT2D eigenvalue weighted by molar-refractivity contribution is 6.00. The molecule has 1 saturated heterocycles. The number of nitrogens with zero attached hydrogens (tertiary/aromatic N) is 1. The Labute approximate surface area is 107 Å². The summed E-state index contributed by atoms with van der Waals surface area (Å²) in [6.07, 6.45) is 2.12. The minimum Gasteiger partial charge on any atom is -0.496 e. The molecule has 0 aromatic heterocycles. The summed E-state index contributed by atoms with van der Waals surface area (Å²) in [5, 5.41) is 0. The maximum Gasteiger partial charge on any atom is 0.261 e. The third kappa shape index (κ3) is 2.15. The molecule has 0 N–H and O–H groups in total. The Morgan fingerprint density at radius 1 is 1.28 bits per heavy atom. The summed E-state index contributed by atoms with van der Waals surface area (Å²) in [7, 11) is 3.14. The van der Waals surface area contributed by atoms with Crippen LogP contribution in [0.25, 0.3) is 0 Å². The first-order chi connectivity index (χ1) is 8.69. The van der Waals surface area contributed by atoms with Gasteiger partial charge >= 0.3 is 0 Å². The molecule has 1 aliphatic heterocycles.